The smallest absolute Gasteiger partial charge is 0.00138 e. The predicted molar refractivity (Wildman–Crippen MR) is 203 cm³/mol. The first-order chi connectivity index (χ1) is 22.6. The van der Waals surface area contributed by atoms with Gasteiger partial charge >= 0.3 is 0 Å². The quantitative estimate of drug-likeness (QED) is 0.176. The van der Waals surface area contributed by atoms with Crippen molar-refractivity contribution >= 4 is 38.8 Å². The van der Waals surface area contributed by atoms with Gasteiger partial charge in [-0.1, -0.05) is 169 Å². The molecule has 0 aliphatic heterocycles. The summed E-state index contributed by atoms with van der Waals surface area (Å²) in [6.07, 6.45) is 10.2. The van der Waals surface area contributed by atoms with Crippen molar-refractivity contribution in [3.8, 4) is 11.1 Å². The lowest BCUT2D eigenvalue weighted by atomic mass is 9.82. The van der Waals surface area contributed by atoms with Crippen molar-refractivity contribution in [3.63, 3.8) is 0 Å². The van der Waals surface area contributed by atoms with Crippen LogP contribution in [-0.2, 0) is 10.8 Å². The molecule has 0 aromatic heterocycles. The number of hydrogen-bond donors (Lipinski definition) is 0. The van der Waals surface area contributed by atoms with E-state index in [0.717, 1.165) is 6.42 Å². The summed E-state index contributed by atoms with van der Waals surface area (Å²) in [4.78, 5) is 0. The molecule has 0 N–H and O–H groups in total. The third-order valence-corrected chi connectivity index (χ3v) is 10.2. The molecule has 6 aromatic carbocycles. The van der Waals surface area contributed by atoms with E-state index >= 15 is 0 Å². The Balaban J connectivity index is 1.51. The number of benzene rings is 6. The molecule has 0 spiro atoms. The normalized spacial score (nSPS) is 13.9. The molecule has 0 saturated heterocycles. The van der Waals surface area contributed by atoms with Crippen LogP contribution in [-0.4, -0.2) is 0 Å². The van der Waals surface area contributed by atoms with Crippen molar-refractivity contribution in [2.75, 3.05) is 0 Å². The Morgan fingerprint density at radius 1 is 0.511 bits per heavy atom. The maximum atomic E-state index is 2.44. The average molecular weight is 607 g/mol. The molecule has 0 nitrogen and oxygen atoms in total. The Bertz CT molecular complexity index is 2340. The van der Waals surface area contributed by atoms with Crippen LogP contribution in [0.3, 0.4) is 0 Å². The maximum absolute atomic E-state index is 2.44. The molecule has 0 heterocycles. The first-order valence-electron chi connectivity index (χ1n) is 17.0. The van der Waals surface area contributed by atoms with Crippen LogP contribution in [0.15, 0.2) is 127 Å². The van der Waals surface area contributed by atoms with E-state index < -0.39 is 0 Å². The second-order valence-corrected chi connectivity index (χ2v) is 15.3. The highest BCUT2D eigenvalue weighted by molar-refractivity contribution is 6.20. The van der Waals surface area contributed by atoms with E-state index in [1.165, 1.54) is 87.6 Å². The summed E-state index contributed by atoms with van der Waals surface area (Å²) >= 11 is 0. The Morgan fingerprint density at radius 2 is 1.04 bits per heavy atom. The Kier molecular flexibility index (Phi) is 6.78. The third-order valence-electron chi connectivity index (χ3n) is 10.2. The van der Waals surface area contributed by atoms with Crippen molar-refractivity contribution in [2.45, 2.75) is 58.8 Å². The molecule has 2 aliphatic carbocycles. The number of fused-ring (bicyclic) bond motifs is 8. The van der Waals surface area contributed by atoms with Gasteiger partial charge in [0.05, 0.1) is 0 Å². The molecule has 0 bridgehead atoms. The summed E-state index contributed by atoms with van der Waals surface area (Å²) in [7, 11) is 0. The molecule has 0 saturated carbocycles. The minimum atomic E-state index is 0.0927. The van der Waals surface area contributed by atoms with Crippen LogP contribution in [0.2, 0.25) is 0 Å². The van der Waals surface area contributed by atoms with Crippen LogP contribution < -0.4 is 10.4 Å². The van der Waals surface area contributed by atoms with Gasteiger partial charge in [0.25, 0.3) is 0 Å². The fraction of sp³-hybridized carbons (Fsp3) is 0.191. The molecule has 230 valence electrons. The summed E-state index contributed by atoms with van der Waals surface area (Å²) < 4.78 is 0. The Morgan fingerprint density at radius 3 is 1.57 bits per heavy atom. The first kappa shape index (κ1) is 29.5. The van der Waals surface area contributed by atoms with Crippen LogP contribution >= 0.6 is 0 Å². The molecule has 0 heteroatoms. The van der Waals surface area contributed by atoms with Gasteiger partial charge in [-0.2, -0.15) is 0 Å². The summed E-state index contributed by atoms with van der Waals surface area (Å²) in [5.41, 5.74) is 13.5. The SMILES string of the molecule is CC(C)(C)c1ccc(C(c2ccc(C(C)(C)C)cc2)=c2ccc3c(c2C2=CC=CC2)-c2c(c4ccccc4c4ccccc24)C=3)cc1. The van der Waals surface area contributed by atoms with Crippen molar-refractivity contribution in [1.82, 2.24) is 0 Å². The molecule has 0 amide bonds. The molecular formula is C47H42. The van der Waals surface area contributed by atoms with Crippen molar-refractivity contribution in [2.24, 2.45) is 0 Å². The highest BCUT2D eigenvalue weighted by atomic mass is 14.3. The van der Waals surface area contributed by atoms with Gasteiger partial charge in [0.2, 0.25) is 0 Å². The van der Waals surface area contributed by atoms with Crippen molar-refractivity contribution in [1.29, 1.82) is 0 Å². The molecule has 0 atom stereocenters. The van der Waals surface area contributed by atoms with Gasteiger partial charge in [-0.25, -0.2) is 0 Å². The summed E-state index contributed by atoms with van der Waals surface area (Å²) in [6, 6.07) is 41.3. The summed E-state index contributed by atoms with van der Waals surface area (Å²) in [5, 5.41) is 7.88. The molecule has 0 fully saturated rings. The zero-order valence-electron chi connectivity index (χ0n) is 28.4. The number of rotatable bonds is 3. The lowest BCUT2D eigenvalue weighted by molar-refractivity contribution is 0.590. The molecular weight excluding hydrogens is 565 g/mol. The van der Waals surface area contributed by atoms with E-state index in [9.17, 15) is 0 Å². The zero-order chi connectivity index (χ0) is 32.5. The minimum Gasteiger partial charge on any atom is -0.0801 e. The van der Waals surface area contributed by atoms with Gasteiger partial charge < -0.3 is 0 Å². The van der Waals surface area contributed by atoms with Gasteiger partial charge in [-0.3, -0.25) is 0 Å². The first-order valence-corrected chi connectivity index (χ1v) is 17.0. The van der Waals surface area contributed by atoms with Gasteiger partial charge in [-0.05, 0) is 111 Å². The zero-order valence-corrected chi connectivity index (χ0v) is 28.4. The van der Waals surface area contributed by atoms with E-state index in [-0.39, 0.29) is 10.8 Å². The monoisotopic (exact) mass is 606 g/mol. The van der Waals surface area contributed by atoms with Gasteiger partial charge in [0.1, 0.15) is 0 Å². The highest BCUT2D eigenvalue weighted by Crippen LogP contribution is 2.43. The van der Waals surface area contributed by atoms with Crippen molar-refractivity contribution < 1.29 is 0 Å². The van der Waals surface area contributed by atoms with Crippen molar-refractivity contribution in [3.05, 3.63) is 171 Å². The van der Waals surface area contributed by atoms with E-state index in [1.54, 1.807) is 0 Å². The minimum absolute atomic E-state index is 0.0927. The fourth-order valence-corrected chi connectivity index (χ4v) is 7.68. The van der Waals surface area contributed by atoms with Gasteiger partial charge in [0.15, 0.2) is 0 Å². The van der Waals surface area contributed by atoms with Gasteiger partial charge in [0, 0.05) is 0 Å². The molecule has 47 heavy (non-hydrogen) atoms. The van der Waals surface area contributed by atoms with Crippen LogP contribution in [0.25, 0.3) is 49.9 Å². The second-order valence-electron chi connectivity index (χ2n) is 15.3. The lowest BCUT2D eigenvalue weighted by Gasteiger charge is -2.22. The number of hydrogen-bond acceptors (Lipinski definition) is 0. The summed E-state index contributed by atoms with van der Waals surface area (Å²) in [6.45, 7) is 13.7. The van der Waals surface area contributed by atoms with E-state index in [2.05, 4.69) is 175 Å². The van der Waals surface area contributed by atoms with Crippen LogP contribution in [0.5, 0.6) is 0 Å². The van der Waals surface area contributed by atoms with E-state index in [0.29, 0.717) is 0 Å². The Hall–Kier alpha value is -4.94. The number of allylic oxidation sites excluding steroid dienone is 4. The van der Waals surface area contributed by atoms with Crippen LogP contribution in [0.1, 0.15) is 81.3 Å². The summed E-state index contributed by atoms with van der Waals surface area (Å²) in [5.74, 6) is 0. The Labute approximate surface area is 279 Å². The fourth-order valence-electron chi connectivity index (χ4n) is 7.68. The van der Waals surface area contributed by atoms with Gasteiger partial charge in [-0.15, -0.1) is 0 Å². The largest absolute Gasteiger partial charge is 0.0801 e. The lowest BCUT2D eigenvalue weighted by Crippen LogP contribution is -2.21. The highest BCUT2D eigenvalue weighted by Gasteiger charge is 2.26. The van der Waals surface area contributed by atoms with Crippen LogP contribution in [0, 0.1) is 0 Å². The molecule has 0 unspecified atom stereocenters. The standard InChI is InChI=1S/C47H42/c1-46(2,3)34-24-19-31(20-25-34)42(32-21-26-35(27-22-32)47(4,5)6)40-28-23-33-29-41-38-17-10-9-15-36(38)37-16-11-12-18-39(37)45(41)44(33)43(40)30-13-7-8-14-30/h7-13,15-29H,14H2,1-6H3. The molecule has 2 aliphatic rings. The topological polar surface area (TPSA) is 0 Å². The maximum Gasteiger partial charge on any atom is -0.00138 e. The van der Waals surface area contributed by atoms with E-state index in [4.69, 9.17) is 0 Å². The van der Waals surface area contributed by atoms with Crippen LogP contribution in [0.4, 0.5) is 0 Å². The average Bonchev–Trinajstić information content (AvgIpc) is 3.74. The molecule has 6 aromatic rings. The third kappa shape index (κ3) is 4.90. The van der Waals surface area contributed by atoms with E-state index in [1.807, 2.05) is 0 Å². The predicted octanol–water partition coefficient (Wildman–Crippen LogP) is 11.0. The molecule has 0 radical (unpaired) electrons. The molecule has 8 rings (SSSR count). The second kappa shape index (κ2) is 10.8.